The Kier molecular flexibility index (Phi) is 4.43. The van der Waals surface area contributed by atoms with E-state index in [2.05, 4.69) is 4.74 Å². The summed E-state index contributed by atoms with van der Waals surface area (Å²) in [4.78, 5) is 26.1. The van der Waals surface area contributed by atoms with Crippen LogP contribution in [0.2, 0.25) is 0 Å². The first kappa shape index (κ1) is 17.9. The number of nitrogens with zero attached hydrogens (tertiary/aromatic N) is 1. The number of carbonyl (C=O) groups excluding carboxylic acids is 2. The third kappa shape index (κ3) is 3.15. The Morgan fingerprint density at radius 2 is 1.75 bits per heavy atom. The molecule has 2 amide bonds. The van der Waals surface area contributed by atoms with Gasteiger partial charge in [-0.25, -0.2) is 0 Å². The summed E-state index contributed by atoms with van der Waals surface area (Å²) < 4.78 is 30.4. The molecule has 28 heavy (non-hydrogen) atoms. The van der Waals surface area contributed by atoms with E-state index >= 15 is 0 Å². The van der Waals surface area contributed by atoms with Gasteiger partial charge in [0.15, 0.2) is 0 Å². The first-order chi connectivity index (χ1) is 13.4. The van der Waals surface area contributed by atoms with E-state index in [0.717, 1.165) is 10.9 Å². The molecule has 0 bridgehead atoms. The lowest BCUT2D eigenvalue weighted by Crippen LogP contribution is -2.29. The molecule has 1 aliphatic heterocycles. The molecule has 7 heteroatoms. The number of fused-ring (bicyclic) bond motifs is 2. The Labute approximate surface area is 159 Å². The zero-order valence-electron chi connectivity index (χ0n) is 14.7. The van der Waals surface area contributed by atoms with Gasteiger partial charge in [-0.05, 0) is 53.1 Å². The van der Waals surface area contributed by atoms with E-state index in [1.807, 2.05) is 0 Å². The normalized spacial score (nSPS) is 13.0. The molecule has 1 aliphatic rings. The molecule has 0 saturated carbocycles. The third-order valence-corrected chi connectivity index (χ3v) is 4.80. The van der Waals surface area contributed by atoms with Gasteiger partial charge in [0, 0.05) is 17.8 Å². The lowest BCUT2D eigenvalue weighted by atomic mass is 10.0. The van der Waals surface area contributed by atoms with Crippen molar-refractivity contribution in [2.75, 3.05) is 11.4 Å². The maximum Gasteiger partial charge on any atom is 0.387 e. The molecule has 0 aromatic heterocycles. The summed E-state index contributed by atoms with van der Waals surface area (Å²) >= 11 is 0. The number of hydrogen-bond donors (Lipinski definition) is 1. The quantitative estimate of drug-likeness (QED) is 0.747. The van der Waals surface area contributed by atoms with Crippen LogP contribution in [0.25, 0.3) is 10.8 Å². The average molecular weight is 382 g/mol. The highest BCUT2D eigenvalue weighted by atomic mass is 19.3. The molecule has 2 N–H and O–H groups in total. The molecule has 3 aromatic carbocycles. The summed E-state index contributed by atoms with van der Waals surface area (Å²) in [5.74, 6) is -1.15. The highest BCUT2D eigenvalue weighted by Gasteiger charge is 2.29. The van der Waals surface area contributed by atoms with Gasteiger partial charge in [-0.3, -0.25) is 9.59 Å². The number of primary amides is 1. The number of halogens is 2. The minimum absolute atomic E-state index is 0.0610. The summed E-state index contributed by atoms with van der Waals surface area (Å²) in [5.41, 5.74) is 7.17. The van der Waals surface area contributed by atoms with Gasteiger partial charge >= 0.3 is 6.61 Å². The Balaban J connectivity index is 1.76. The first-order valence-electron chi connectivity index (χ1n) is 8.66. The molecule has 3 aromatic rings. The van der Waals surface area contributed by atoms with Crippen molar-refractivity contribution in [1.82, 2.24) is 0 Å². The van der Waals surface area contributed by atoms with E-state index in [1.165, 1.54) is 11.0 Å². The van der Waals surface area contributed by atoms with E-state index in [4.69, 9.17) is 5.73 Å². The smallest absolute Gasteiger partial charge is 0.387 e. The Bertz CT molecular complexity index is 1100. The van der Waals surface area contributed by atoms with E-state index in [0.29, 0.717) is 29.6 Å². The van der Waals surface area contributed by atoms with Crippen LogP contribution in [0, 0.1) is 0 Å². The number of benzene rings is 3. The minimum atomic E-state index is -3.04. The Morgan fingerprint density at radius 3 is 2.43 bits per heavy atom. The van der Waals surface area contributed by atoms with Crippen molar-refractivity contribution in [1.29, 1.82) is 0 Å². The predicted octanol–water partition coefficient (Wildman–Crippen LogP) is 3.74. The molecular formula is C21H16F2N2O3. The zero-order valence-corrected chi connectivity index (χ0v) is 14.7. The van der Waals surface area contributed by atoms with Gasteiger partial charge in [-0.1, -0.05) is 24.3 Å². The number of anilines is 1. The number of carbonyl (C=O) groups is 2. The SMILES string of the molecule is NC(=O)c1ccc2c(c1)CCN2C(=O)c1cc2ccccc2cc1OC(F)F. The van der Waals surface area contributed by atoms with Gasteiger partial charge in [0.25, 0.3) is 5.91 Å². The van der Waals surface area contributed by atoms with Crippen molar-refractivity contribution in [2.24, 2.45) is 5.73 Å². The van der Waals surface area contributed by atoms with E-state index in [1.54, 1.807) is 48.5 Å². The molecule has 0 saturated heterocycles. The third-order valence-electron chi connectivity index (χ3n) is 4.80. The second kappa shape index (κ2) is 6.92. The first-order valence-corrected chi connectivity index (χ1v) is 8.66. The minimum Gasteiger partial charge on any atom is -0.434 e. The molecule has 0 radical (unpaired) electrons. The van der Waals surface area contributed by atoms with Gasteiger partial charge in [0.05, 0.1) is 5.56 Å². The fourth-order valence-corrected chi connectivity index (χ4v) is 3.49. The largest absolute Gasteiger partial charge is 0.434 e. The zero-order chi connectivity index (χ0) is 19.8. The van der Waals surface area contributed by atoms with Crippen LogP contribution in [0.1, 0.15) is 26.3 Å². The van der Waals surface area contributed by atoms with Gasteiger partial charge in [0.1, 0.15) is 5.75 Å². The van der Waals surface area contributed by atoms with Crippen molar-refractivity contribution in [3.8, 4) is 5.75 Å². The van der Waals surface area contributed by atoms with Crippen LogP contribution >= 0.6 is 0 Å². The van der Waals surface area contributed by atoms with Gasteiger partial charge in [-0.15, -0.1) is 0 Å². The molecular weight excluding hydrogens is 366 g/mol. The molecule has 0 fully saturated rings. The number of amides is 2. The number of hydrogen-bond acceptors (Lipinski definition) is 3. The predicted molar refractivity (Wildman–Crippen MR) is 101 cm³/mol. The van der Waals surface area contributed by atoms with Crippen LogP contribution in [0.3, 0.4) is 0 Å². The molecule has 4 rings (SSSR count). The van der Waals surface area contributed by atoms with E-state index in [-0.39, 0.29) is 11.3 Å². The lowest BCUT2D eigenvalue weighted by molar-refractivity contribution is -0.0500. The van der Waals surface area contributed by atoms with Crippen LogP contribution in [0.5, 0.6) is 5.75 Å². The second-order valence-corrected chi connectivity index (χ2v) is 6.49. The van der Waals surface area contributed by atoms with E-state index < -0.39 is 18.4 Å². The lowest BCUT2D eigenvalue weighted by Gasteiger charge is -2.20. The standard InChI is InChI=1S/C21H16F2N2O3/c22-21(23)28-18-11-13-4-2-1-3-12(13)10-16(18)20(27)25-8-7-14-9-15(19(24)26)5-6-17(14)25/h1-6,9-11,21H,7-8H2,(H2,24,26). The second-order valence-electron chi connectivity index (χ2n) is 6.49. The molecule has 0 unspecified atom stereocenters. The van der Waals surface area contributed by atoms with Crippen molar-refractivity contribution in [2.45, 2.75) is 13.0 Å². The number of rotatable bonds is 4. The summed E-state index contributed by atoms with van der Waals surface area (Å²) in [6, 6.07) is 15.0. The van der Waals surface area contributed by atoms with Crippen LogP contribution in [0.15, 0.2) is 54.6 Å². The summed E-state index contributed by atoms with van der Waals surface area (Å²) in [6.07, 6.45) is 0.542. The summed E-state index contributed by atoms with van der Waals surface area (Å²) in [7, 11) is 0. The Morgan fingerprint density at radius 1 is 1.04 bits per heavy atom. The molecule has 0 spiro atoms. The molecule has 1 heterocycles. The van der Waals surface area contributed by atoms with Crippen LogP contribution in [-0.2, 0) is 6.42 Å². The van der Waals surface area contributed by atoms with E-state index in [9.17, 15) is 18.4 Å². The number of nitrogens with two attached hydrogens (primary N) is 1. The number of ether oxygens (including phenoxy) is 1. The van der Waals surface area contributed by atoms with Gasteiger partial charge in [-0.2, -0.15) is 8.78 Å². The monoisotopic (exact) mass is 382 g/mol. The summed E-state index contributed by atoms with van der Waals surface area (Å²) in [6.45, 7) is -2.67. The van der Waals surface area contributed by atoms with Crippen LogP contribution < -0.4 is 15.4 Å². The van der Waals surface area contributed by atoms with Crippen LogP contribution in [0.4, 0.5) is 14.5 Å². The van der Waals surface area contributed by atoms with Gasteiger partial charge in [0.2, 0.25) is 5.91 Å². The van der Waals surface area contributed by atoms with Crippen molar-refractivity contribution < 1.29 is 23.1 Å². The number of alkyl halides is 2. The van der Waals surface area contributed by atoms with Gasteiger partial charge < -0.3 is 15.4 Å². The molecule has 0 aliphatic carbocycles. The van der Waals surface area contributed by atoms with Crippen molar-refractivity contribution >= 4 is 28.3 Å². The molecule has 5 nitrogen and oxygen atoms in total. The summed E-state index contributed by atoms with van der Waals surface area (Å²) in [5, 5.41) is 1.44. The Hall–Kier alpha value is -3.48. The topological polar surface area (TPSA) is 72.6 Å². The average Bonchev–Trinajstić information content (AvgIpc) is 3.09. The van der Waals surface area contributed by atoms with Crippen molar-refractivity contribution in [3.05, 3.63) is 71.3 Å². The maximum atomic E-state index is 13.2. The molecule has 0 atom stereocenters. The molecule has 142 valence electrons. The van der Waals surface area contributed by atoms with Crippen molar-refractivity contribution in [3.63, 3.8) is 0 Å². The fraction of sp³-hybridized carbons (Fsp3) is 0.143. The highest BCUT2D eigenvalue weighted by Crippen LogP contribution is 2.34. The highest BCUT2D eigenvalue weighted by molar-refractivity contribution is 6.11. The van der Waals surface area contributed by atoms with Crippen LogP contribution in [-0.4, -0.2) is 25.0 Å². The maximum absolute atomic E-state index is 13.2. The fourth-order valence-electron chi connectivity index (χ4n) is 3.49.